The third-order valence-corrected chi connectivity index (χ3v) is 13.3. The van der Waals surface area contributed by atoms with Gasteiger partial charge in [-0.15, -0.1) is 0 Å². The number of aryl methyl sites for hydroxylation is 1. The fraction of sp³-hybridized carbons (Fsp3) is 0.217. The topological polar surface area (TPSA) is 252 Å². The molecule has 416 valence electrons. The SMILES string of the molecule is CC.CCC(=O)Nc1cncc(-c2cnc3n[nH]c(-c4nc5c(-c6cc(F)cc(NCCN(C)C)c6)cncc5[nH]4)c3c2)c1.Cc1ccncc1-c1cnc2n[nH]c(-c3nc4c(-c5cc(F)cc(NCCN(C)C)c5)cncc4[nH]3)c2c1. The van der Waals surface area contributed by atoms with Crippen LogP contribution < -0.4 is 16.0 Å². The maximum atomic E-state index is 14.6. The Bertz CT molecular complexity index is 4220. The molecule has 0 saturated carbocycles. The first kappa shape index (κ1) is 55.4. The summed E-state index contributed by atoms with van der Waals surface area (Å²) in [6.07, 6.45) is 17.6. The zero-order valence-electron chi connectivity index (χ0n) is 46.6. The lowest BCUT2D eigenvalue weighted by Gasteiger charge is -2.12. The summed E-state index contributed by atoms with van der Waals surface area (Å²) in [7, 11) is 7.98. The lowest BCUT2D eigenvalue weighted by Crippen LogP contribution is -2.20. The number of rotatable bonds is 16. The van der Waals surface area contributed by atoms with Gasteiger partial charge in [-0.25, -0.2) is 28.7 Å². The second kappa shape index (κ2) is 24.6. The van der Waals surface area contributed by atoms with Gasteiger partial charge in [0, 0.05) is 121 Å². The molecule has 0 saturated heterocycles. The van der Waals surface area contributed by atoms with Crippen LogP contribution in [0, 0.1) is 18.6 Å². The highest BCUT2D eigenvalue weighted by atomic mass is 19.1. The van der Waals surface area contributed by atoms with Crippen LogP contribution in [-0.4, -0.2) is 140 Å². The Morgan fingerprint density at radius 2 is 1.04 bits per heavy atom. The number of imidazole rings is 2. The number of likely N-dealkylation sites (N-methyl/N-ethyl adjacent to an activating group) is 2. The molecule has 82 heavy (non-hydrogen) atoms. The largest absolute Gasteiger partial charge is 0.384 e. The maximum absolute atomic E-state index is 14.6. The van der Waals surface area contributed by atoms with E-state index in [1.807, 2.05) is 91.6 Å². The molecular weight excluding hydrogens is 1040 g/mol. The number of halogens is 2. The monoisotopic (exact) mass is 1100 g/mol. The molecule has 0 fully saturated rings. The molecule has 0 bridgehead atoms. The van der Waals surface area contributed by atoms with Crippen molar-refractivity contribution in [2.45, 2.75) is 34.1 Å². The number of aromatic nitrogens is 14. The van der Waals surface area contributed by atoms with Gasteiger partial charge in [0.05, 0.1) is 57.1 Å². The van der Waals surface area contributed by atoms with E-state index in [1.165, 1.54) is 24.3 Å². The molecule has 2 aromatic carbocycles. The normalized spacial score (nSPS) is 11.3. The Balaban J connectivity index is 0.000000179. The minimum Gasteiger partial charge on any atom is -0.384 e. The van der Waals surface area contributed by atoms with E-state index >= 15 is 0 Å². The van der Waals surface area contributed by atoms with E-state index in [2.05, 4.69) is 86.0 Å². The Morgan fingerprint density at radius 3 is 1.56 bits per heavy atom. The second-order valence-corrected chi connectivity index (χ2v) is 19.7. The maximum Gasteiger partial charge on any atom is 0.224 e. The smallest absolute Gasteiger partial charge is 0.224 e. The van der Waals surface area contributed by atoms with Crippen molar-refractivity contribution in [2.75, 3.05) is 70.3 Å². The van der Waals surface area contributed by atoms with Crippen LogP contribution in [0.25, 0.3) is 112 Å². The lowest BCUT2D eigenvalue weighted by atomic mass is 10.0. The van der Waals surface area contributed by atoms with Gasteiger partial charge in [0.25, 0.3) is 0 Å². The first-order valence-electron chi connectivity index (χ1n) is 26.8. The van der Waals surface area contributed by atoms with Crippen LogP contribution in [0.15, 0.2) is 123 Å². The van der Waals surface area contributed by atoms with Gasteiger partial charge in [0.15, 0.2) is 22.9 Å². The molecule has 12 rings (SSSR count). The fourth-order valence-electron chi connectivity index (χ4n) is 9.21. The van der Waals surface area contributed by atoms with Crippen LogP contribution >= 0.6 is 0 Å². The number of carbonyl (C=O) groups excluding carboxylic acids is 1. The third-order valence-electron chi connectivity index (χ3n) is 13.3. The van der Waals surface area contributed by atoms with Crippen LogP contribution in [0.4, 0.5) is 25.8 Å². The zero-order chi connectivity index (χ0) is 57.4. The van der Waals surface area contributed by atoms with E-state index in [-0.39, 0.29) is 17.5 Å². The second-order valence-electron chi connectivity index (χ2n) is 19.7. The van der Waals surface area contributed by atoms with E-state index < -0.39 is 0 Å². The Labute approximate surface area is 470 Å². The average molecular weight is 1100 g/mol. The summed E-state index contributed by atoms with van der Waals surface area (Å²) >= 11 is 0. The van der Waals surface area contributed by atoms with Crippen molar-refractivity contribution in [2.24, 2.45) is 0 Å². The number of nitrogens with one attached hydrogen (secondary N) is 7. The van der Waals surface area contributed by atoms with Crippen molar-refractivity contribution in [1.29, 1.82) is 0 Å². The molecule has 1 amide bonds. The van der Waals surface area contributed by atoms with Gasteiger partial charge in [-0.3, -0.25) is 34.9 Å². The average Bonchev–Trinajstić information content (AvgIpc) is 4.33. The van der Waals surface area contributed by atoms with Gasteiger partial charge in [0.2, 0.25) is 5.91 Å². The number of anilines is 3. The zero-order valence-corrected chi connectivity index (χ0v) is 46.6. The first-order chi connectivity index (χ1) is 39.8. The number of fused-ring (bicyclic) bond motifs is 4. The number of amides is 1. The van der Waals surface area contributed by atoms with E-state index in [4.69, 9.17) is 9.97 Å². The van der Waals surface area contributed by atoms with Gasteiger partial charge in [-0.05, 0) is 112 Å². The summed E-state index contributed by atoms with van der Waals surface area (Å²) in [5, 5.41) is 25.9. The Kier molecular flexibility index (Phi) is 16.6. The summed E-state index contributed by atoms with van der Waals surface area (Å²) < 4.78 is 29.2. The van der Waals surface area contributed by atoms with Gasteiger partial charge >= 0.3 is 0 Å². The van der Waals surface area contributed by atoms with Gasteiger partial charge in [0.1, 0.15) is 23.0 Å². The molecule has 7 N–H and O–H groups in total. The number of aromatic amines is 4. The highest BCUT2D eigenvalue weighted by molar-refractivity contribution is 5.99. The molecule has 12 aromatic rings. The molecule has 10 aromatic heterocycles. The van der Waals surface area contributed by atoms with Crippen LogP contribution in [0.1, 0.15) is 32.8 Å². The van der Waals surface area contributed by atoms with Gasteiger partial charge < -0.3 is 35.7 Å². The van der Waals surface area contributed by atoms with Crippen LogP contribution in [0.5, 0.6) is 0 Å². The molecule has 0 unspecified atom stereocenters. The predicted molar refractivity (Wildman–Crippen MR) is 320 cm³/mol. The van der Waals surface area contributed by atoms with Crippen molar-refractivity contribution in [3.05, 3.63) is 140 Å². The van der Waals surface area contributed by atoms with Crippen LogP contribution in [0.2, 0.25) is 0 Å². The van der Waals surface area contributed by atoms with Crippen molar-refractivity contribution in [1.82, 2.24) is 80.0 Å². The molecule has 0 aliphatic rings. The van der Waals surface area contributed by atoms with E-state index in [1.54, 1.807) is 62.7 Å². The Morgan fingerprint density at radius 1 is 0.549 bits per heavy atom. The van der Waals surface area contributed by atoms with E-state index in [0.717, 1.165) is 62.8 Å². The minimum absolute atomic E-state index is 0.0894. The number of hydrogen-bond acceptors (Lipinski definition) is 15. The number of pyridine rings is 6. The molecule has 0 spiro atoms. The molecule has 0 aliphatic heterocycles. The number of H-pyrrole nitrogens is 4. The van der Waals surface area contributed by atoms with Gasteiger partial charge in [-0.2, -0.15) is 10.2 Å². The first-order valence-corrected chi connectivity index (χ1v) is 26.8. The van der Waals surface area contributed by atoms with Crippen molar-refractivity contribution >= 4 is 67.1 Å². The minimum atomic E-state index is -0.349. The van der Waals surface area contributed by atoms with Crippen LogP contribution in [0.3, 0.4) is 0 Å². The molecule has 20 nitrogen and oxygen atoms in total. The van der Waals surface area contributed by atoms with E-state index in [0.29, 0.717) is 104 Å². The molecule has 10 heterocycles. The summed E-state index contributed by atoms with van der Waals surface area (Å²) in [5.41, 5.74) is 14.7. The molecular formula is C60H61F2N19O. The number of nitrogens with zero attached hydrogens (tertiary/aromatic N) is 12. The summed E-state index contributed by atoms with van der Waals surface area (Å²) in [6.45, 7) is 10.9. The predicted octanol–water partition coefficient (Wildman–Crippen LogP) is 11.2. The quantitative estimate of drug-likeness (QED) is 0.0475. The van der Waals surface area contributed by atoms with Crippen molar-refractivity contribution < 1.29 is 13.6 Å². The lowest BCUT2D eigenvalue weighted by molar-refractivity contribution is -0.115. The molecule has 0 atom stereocenters. The standard InChI is InChI=1S/C30H29FN10O.C28H26FN9.C2H6/c1-4-26(42)36-22-9-18(12-32-14-22)19-10-23-28(39-40-29(23)35-13-19)30-37-25-16-33-15-24(27(25)38-30)17-7-20(31)11-21(8-17)34-5-6-41(2)3;1-16-4-5-30-13-22(16)18-10-21-26(36-37-27(21)33-12-18)28-34-24-15-31-14-23(25(24)35-28)17-8-19(29)11-20(9-17)32-6-7-38(2)3;1-2/h7-16,34H,4-6H2,1-3H3,(H,36,42)(H,37,38)(H,35,39,40);4-5,8-15,32H,6-7H2,1-3H3,(H,34,35)(H,33,36,37);1-2H3. The van der Waals surface area contributed by atoms with Crippen molar-refractivity contribution in [3.8, 4) is 67.5 Å². The number of hydrogen-bond donors (Lipinski definition) is 7. The highest BCUT2D eigenvalue weighted by Gasteiger charge is 2.20. The van der Waals surface area contributed by atoms with Gasteiger partial charge in [-0.1, -0.05) is 20.8 Å². The molecule has 0 aliphatic carbocycles. The number of benzene rings is 2. The third kappa shape index (κ3) is 12.3. The summed E-state index contributed by atoms with van der Waals surface area (Å²) in [5.74, 6) is 0.376. The number of carbonyl (C=O) groups is 1. The molecule has 0 radical (unpaired) electrons. The summed E-state index contributed by atoms with van der Waals surface area (Å²) in [4.78, 5) is 58.8. The van der Waals surface area contributed by atoms with Crippen molar-refractivity contribution in [3.63, 3.8) is 0 Å². The Hall–Kier alpha value is -9.93. The van der Waals surface area contributed by atoms with E-state index in [9.17, 15) is 13.6 Å². The van der Waals surface area contributed by atoms with Crippen LogP contribution in [-0.2, 0) is 4.79 Å². The highest BCUT2D eigenvalue weighted by Crippen LogP contribution is 2.36. The molecule has 22 heteroatoms. The summed E-state index contributed by atoms with van der Waals surface area (Å²) in [6, 6.07) is 17.6. The fourth-order valence-corrected chi connectivity index (χ4v) is 9.21.